The van der Waals surface area contributed by atoms with Crippen molar-refractivity contribution in [1.82, 2.24) is 0 Å². The van der Waals surface area contributed by atoms with Gasteiger partial charge in [-0.05, 0) is 196 Å². The highest BCUT2D eigenvalue weighted by Gasteiger charge is 2.40. The summed E-state index contributed by atoms with van der Waals surface area (Å²) in [5.41, 5.74) is -1.64. The first-order valence-electron chi connectivity index (χ1n) is 41.3. The van der Waals surface area contributed by atoms with Crippen molar-refractivity contribution in [3.05, 3.63) is 304 Å². The summed E-state index contributed by atoms with van der Waals surface area (Å²) in [5.74, 6) is 0.0759. The van der Waals surface area contributed by atoms with Gasteiger partial charge in [-0.1, -0.05) is 87.9 Å². The molecule has 11 aromatic rings. The van der Waals surface area contributed by atoms with Crippen molar-refractivity contribution in [2.75, 3.05) is 121 Å². The standard InChI is InChI=1S/C22H19F3N2O2.C21H23F3N2O2.C19H21F3N2O2.C18H19F3N2O2.C17H17F3N2O2/c1-29-18-9-5-8-17(13-18)27-21(28)16-10-11-20(19(12-16)22(23,24)25)26-14-15-6-3-2-4-7-15;1-14-8-10-26(11-9-14)19-7-6-15(12-18(19)21(22,23)24)20(27)25-16-4-3-5-17(13-16)28-2;1-3-4-10-23-17-9-8-13(11-16(17)19(20,21)22)18(25)24-14-6-5-7-15(12-14)26-2;1-3-9-22-16-8-7-12(10-15(16)18(19,20)21)17(24)23-13-5-4-6-14(11-13)25-2;1-3-21-15-8-7-11(9-14(15)17(18,19)20)16(23)22-12-5-4-6-13(10-12)24-2/h2-13,26H,14H2,1H3,(H,27,28);3-7,12-14H,8-11H2,1-2H3,(H,25,27);5-9,11-12,23H,3-4,10H2,1-2H3,(H,24,25);4-8,10-11,22H,3,9H2,1-2H3,(H,23,24);4-10,21H,3H2,1-2H3,(H,22,23). The Morgan fingerprint density at radius 1 is 0.318 bits per heavy atom. The van der Waals surface area contributed by atoms with E-state index in [0.717, 1.165) is 61.6 Å². The highest BCUT2D eigenvalue weighted by Crippen LogP contribution is 2.43. The van der Waals surface area contributed by atoms with Crippen LogP contribution in [0, 0.1) is 5.92 Å². The number of anilines is 10. The van der Waals surface area contributed by atoms with E-state index in [0.29, 0.717) is 102 Å². The van der Waals surface area contributed by atoms with Crippen LogP contribution in [0.2, 0.25) is 0 Å². The maximum absolute atomic E-state index is 13.7. The lowest BCUT2D eigenvalue weighted by atomic mass is 9.97. The Kier molecular flexibility index (Phi) is 37.8. The van der Waals surface area contributed by atoms with Gasteiger partial charge in [0, 0.05) is 154 Å². The number of nitrogens with one attached hydrogen (secondary N) is 9. The number of methoxy groups -OCH3 is 5. The number of rotatable bonds is 28. The van der Waals surface area contributed by atoms with E-state index in [-0.39, 0.29) is 62.8 Å². The van der Waals surface area contributed by atoms with E-state index in [1.807, 2.05) is 44.2 Å². The molecular weight excluding hydrogens is 1750 g/mol. The maximum Gasteiger partial charge on any atom is 0.418 e. The van der Waals surface area contributed by atoms with Crippen molar-refractivity contribution in [1.29, 1.82) is 0 Å². The van der Waals surface area contributed by atoms with Crippen LogP contribution in [-0.2, 0) is 37.4 Å². The van der Waals surface area contributed by atoms with Crippen LogP contribution in [-0.4, -0.2) is 97.8 Å². The Morgan fingerprint density at radius 3 is 0.879 bits per heavy atom. The van der Waals surface area contributed by atoms with Crippen molar-refractivity contribution in [3.8, 4) is 28.7 Å². The van der Waals surface area contributed by atoms with Crippen LogP contribution in [0.4, 0.5) is 123 Å². The SMILES string of the molecule is CCCCNc1ccc(C(=O)Nc2cccc(OC)c2)cc1C(F)(F)F.CCCNc1ccc(C(=O)Nc2cccc(OC)c2)cc1C(F)(F)F.CCNc1ccc(C(=O)Nc2cccc(OC)c2)cc1C(F)(F)F.COc1cccc(NC(=O)c2ccc(N3CCC(C)CC3)c(C(F)(F)F)c2)c1.COc1cccc(NC(=O)c2ccc(NCc3ccccc3)c(C(F)(F)F)c2)c1. The second-order valence-corrected chi connectivity index (χ2v) is 29.4. The van der Waals surface area contributed by atoms with Crippen molar-refractivity contribution in [2.45, 2.75) is 97.2 Å². The second-order valence-electron chi connectivity index (χ2n) is 29.4. The van der Waals surface area contributed by atoms with Crippen LogP contribution in [0.25, 0.3) is 0 Å². The molecule has 0 unspecified atom stereocenters. The number of carbonyl (C=O) groups excluding carboxylic acids is 5. The monoisotopic (exact) mass is 1850 g/mol. The number of hydrogen-bond donors (Lipinski definition) is 9. The van der Waals surface area contributed by atoms with Crippen LogP contribution >= 0.6 is 0 Å². The van der Waals surface area contributed by atoms with Gasteiger partial charge in [-0.25, -0.2) is 0 Å². The molecule has 0 aromatic heterocycles. The van der Waals surface area contributed by atoms with Gasteiger partial charge in [-0.3, -0.25) is 24.0 Å². The smallest absolute Gasteiger partial charge is 0.418 e. The summed E-state index contributed by atoms with van der Waals surface area (Å²) in [6, 6.07) is 59.8. The first-order chi connectivity index (χ1) is 62.7. The third-order valence-electron chi connectivity index (χ3n) is 19.8. The van der Waals surface area contributed by atoms with Gasteiger partial charge in [-0.2, -0.15) is 65.9 Å². The van der Waals surface area contributed by atoms with Gasteiger partial charge in [0.2, 0.25) is 0 Å². The first-order valence-corrected chi connectivity index (χ1v) is 41.3. The van der Waals surface area contributed by atoms with E-state index in [9.17, 15) is 89.8 Å². The summed E-state index contributed by atoms with van der Waals surface area (Å²) in [5, 5.41) is 23.9. The van der Waals surface area contributed by atoms with E-state index < -0.39 is 88.2 Å². The van der Waals surface area contributed by atoms with Gasteiger partial charge in [0.15, 0.2) is 0 Å². The number of amides is 5. The van der Waals surface area contributed by atoms with Crippen LogP contribution in [0.1, 0.15) is 145 Å². The Bertz CT molecular complexity index is 5650. The molecule has 0 saturated carbocycles. The average molecular weight is 1850 g/mol. The van der Waals surface area contributed by atoms with Crippen LogP contribution in [0.3, 0.4) is 0 Å². The molecule has 1 aliphatic heterocycles. The summed E-state index contributed by atoms with van der Waals surface area (Å²) in [6.07, 6.45) is -18.8. The predicted molar refractivity (Wildman–Crippen MR) is 483 cm³/mol. The molecule has 1 fully saturated rings. The predicted octanol–water partition coefficient (Wildman–Crippen LogP) is 25.1. The second kappa shape index (κ2) is 48.4. The van der Waals surface area contributed by atoms with Gasteiger partial charge < -0.3 is 76.4 Å². The zero-order chi connectivity index (χ0) is 96.5. The molecule has 1 saturated heterocycles. The van der Waals surface area contributed by atoms with Crippen molar-refractivity contribution in [3.63, 3.8) is 0 Å². The summed E-state index contributed by atoms with van der Waals surface area (Å²) in [7, 11) is 7.43. The summed E-state index contributed by atoms with van der Waals surface area (Å²) in [6.45, 7) is 10.2. The Labute approximate surface area is 753 Å². The van der Waals surface area contributed by atoms with E-state index in [4.69, 9.17) is 23.7 Å². The molecule has 1 aliphatic rings. The van der Waals surface area contributed by atoms with Gasteiger partial charge in [-0.15, -0.1) is 0 Å². The number of piperidine rings is 1. The largest absolute Gasteiger partial charge is 0.497 e. The number of benzene rings is 11. The molecule has 0 atom stereocenters. The normalized spacial score (nSPS) is 12.0. The lowest BCUT2D eigenvalue weighted by molar-refractivity contribution is -0.138. The molecule has 9 N–H and O–H groups in total. The molecule has 0 spiro atoms. The molecule has 5 amide bonds. The van der Waals surface area contributed by atoms with E-state index >= 15 is 0 Å². The van der Waals surface area contributed by atoms with Crippen LogP contribution in [0.15, 0.2) is 243 Å². The molecule has 35 heteroatoms. The number of alkyl halides is 15. The van der Waals surface area contributed by atoms with E-state index in [1.54, 1.807) is 133 Å². The third-order valence-corrected chi connectivity index (χ3v) is 19.8. The molecule has 1 heterocycles. The van der Waals surface area contributed by atoms with Gasteiger partial charge in [0.05, 0.1) is 63.4 Å². The van der Waals surface area contributed by atoms with E-state index in [1.165, 1.54) is 96.2 Å². The zero-order valence-electron chi connectivity index (χ0n) is 73.1. The Hall–Kier alpha value is -14.3. The Morgan fingerprint density at radius 2 is 0.598 bits per heavy atom. The third kappa shape index (κ3) is 31.5. The minimum atomic E-state index is -4.61. The fourth-order valence-corrected chi connectivity index (χ4v) is 12.9. The molecule has 0 bridgehead atoms. The molecule has 12 rings (SSSR count). The molecule has 132 heavy (non-hydrogen) atoms. The van der Waals surface area contributed by atoms with Gasteiger partial charge in [0.25, 0.3) is 29.5 Å². The van der Waals surface area contributed by atoms with Gasteiger partial charge >= 0.3 is 30.9 Å². The van der Waals surface area contributed by atoms with Gasteiger partial charge in [0.1, 0.15) is 28.7 Å². The quantitative estimate of drug-likeness (QED) is 0.0164. The van der Waals surface area contributed by atoms with Crippen molar-refractivity contribution in [2.24, 2.45) is 5.92 Å². The highest BCUT2D eigenvalue weighted by atomic mass is 19.4. The number of hydrogen-bond acceptors (Lipinski definition) is 15. The zero-order valence-corrected chi connectivity index (χ0v) is 73.1. The number of halogens is 15. The van der Waals surface area contributed by atoms with Crippen molar-refractivity contribution < 1.29 is 114 Å². The van der Waals surface area contributed by atoms with Crippen LogP contribution < -0.4 is 76.4 Å². The molecule has 0 radical (unpaired) electrons. The fourth-order valence-electron chi connectivity index (χ4n) is 12.9. The molecule has 20 nitrogen and oxygen atoms in total. The molecular formula is C97H99F15N10O10. The first kappa shape index (κ1) is 103. The summed E-state index contributed by atoms with van der Waals surface area (Å²) >= 11 is 0. The fraction of sp³-hybridized carbons (Fsp3) is 0.268. The minimum Gasteiger partial charge on any atom is -0.497 e. The summed E-state index contributed by atoms with van der Waals surface area (Å²) < 4.78 is 226. The summed E-state index contributed by atoms with van der Waals surface area (Å²) in [4.78, 5) is 63.5. The molecule has 702 valence electrons. The average Bonchev–Trinajstić information content (AvgIpc) is 0.782. The highest BCUT2D eigenvalue weighted by molar-refractivity contribution is 6.08. The topological polar surface area (TPSA) is 243 Å². The number of unbranched alkanes of at least 4 members (excludes halogenated alkanes) is 1. The van der Waals surface area contributed by atoms with E-state index in [2.05, 4.69) is 54.8 Å². The Balaban J connectivity index is 0.000000204. The lowest BCUT2D eigenvalue weighted by Gasteiger charge is -2.34. The number of ether oxygens (including phenoxy) is 5. The number of carbonyl (C=O) groups is 5. The maximum atomic E-state index is 13.7. The van der Waals surface area contributed by atoms with Crippen molar-refractivity contribution >= 4 is 86.4 Å². The van der Waals surface area contributed by atoms with Crippen LogP contribution in [0.5, 0.6) is 28.7 Å². The lowest BCUT2D eigenvalue weighted by Crippen LogP contribution is -2.34. The minimum absolute atomic E-state index is 0.0242. The molecule has 11 aromatic carbocycles. The molecule has 0 aliphatic carbocycles. The number of nitrogens with zero attached hydrogens (tertiary/aromatic N) is 1.